The molecule has 0 saturated heterocycles. The Balaban J connectivity index is 1.18. The summed E-state index contributed by atoms with van der Waals surface area (Å²) in [7, 11) is 0. The number of hydrogen-bond donors (Lipinski definition) is 0. The Morgan fingerprint density at radius 1 is 0.385 bits per heavy atom. The fourth-order valence-corrected chi connectivity index (χ4v) is 10.1. The monoisotopic (exact) mass is 816 g/mol. The number of ketones is 4. The maximum atomic E-state index is 14.0. The smallest absolute Gasteiger partial charge is 0.161 e. The first-order valence-electron chi connectivity index (χ1n) is 18.6. The van der Waals surface area contributed by atoms with E-state index in [-0.39, 0.29) is 23.1 Å². The molecule has 0 atom stereocenters. The third-order valence-electron chi connectivity index (χ3n) is 11.7. The maximum Gasteiger partial charge on any atom is 0.161 e. The molecule has 6 aliphatic rings. The van der Waals surface area contributed by atoms with Crippen LogP contribution in [-0.4, -0.2) is 23.1 Å². The minimum absolute atomic E-state index is 0.105. The van der Waals surface area contributed by atoms with E-state index in [1.165, 1.54) is 0 Å². The number of allylic oxidation sites excluding steroid dienone is 8. The van der Waals surface area contributed by atoms with Crippen molar-refractivity contribution in [3.8, 4) is 0 Å². The van der Waals surface area contributed by atoms with E-state index >= 15 is 0 Å². The number of carbonyl (C=O) groups excluding carboxylic acids is 4. The molecule has 6 nitrogen and oxygen atoms in total. The molecule has 0 saturated carbocycles. The van der Waals surface area contributed by atoms with Crippen LogP contribution in [0.25, 0.3) is 0 Å². The van der Waals surface area contributed by atoms with Crippen molar-refractivity contribution in [2.45, 2.75) is 88.9 Å². The van der Waals surface area contributed by atoms with E-state index in [1.54, 1.807) is 0 Å². The van der Waals surface area contributed by atoms with Crippen LogP contribution in [0.15, 0.2) is 127 Å². The molecule has 262 valence electrons. The number of carbonyl (C=O) groups is 4. The Labute approximate surface area is 320 Å². The van der Waals surface area contributed by atoms with Gasteiger partial charge in [0.2, 0.25) is 0 Å². The number of benzene rings is 3. The molecule has 0 fully saturated rings. The standard InChI is InChI=1S/C44H38Br2N2O4/c45-27-17-21-29(22-18-27)47-31-5-1-9-35(49)41(31)39(42-32(47)6-2-10-36(42)50)25-13-15-26(16-14-25)40-43-33(7-3-11-37(43)51)48(30-23-19-28(46)20-24-30)34-8-4-12-38(52)44(34)40/h13-24,39-40H,1-12H2. The van der Waals surface area contributed by atoms with Crippen molar-refractivity contribution < 1.29 is 19.2 Å². The van der Waals surface area contributed by atoms with Crippen molar-refractivity contribution >= 4 is 66.4 Å². The molecule has 0 spiro atoms. The molecule has 2 heterocycles. The third kappa shape index (κ3) is 5.47. The molecule has 52 heavy (non-hydrogen) atoms. The van der Waals surface area contributed by atoms with Gasteiger partial charge < -0.3 is 9.80 Å². The molecule has 0 radical (unpaired) electrons. The molecule has 0 bridgehead atoms. The largest absolute Gasteiger partial charge is 0.317 e. The first-order chi connectivity index (χ1) is 25.3. The Kier molecular flexibility index (Phi) is 8.66. The molecular weight excluding hydrogens is 780 g/mol. The van der Waals surface area contributed by atoms with Crippen molar-refractivity contribution in [3.05, 3.63) is 138 Å². The van der Waals surface area contributed by atoms with E-state index in [1.807, 2.05) is 24.3 Å². The summed E-state index contributed by atoms with van der Waals surface area (Å²) in [6.45, 7) is 0. The molecule has 0 unspecified atom stereocenters. The molecule has 0 N–H and O–H groups in total. The highest BCUT2D eigenvalue weighted by Gasteiger charge is 2.46. The Morgan fingerprint density at radius 2 is 0.654 bits per heavy atom. The molecule has 4 aliphatic carbocycles. The van der Waals surface area contributed by atoms with Gasteiger partial charge in [0.05, 0.1) is 0 Å². The van der Waals surface area contributed by atoms with Crippen molar-refractivity contribution in [2.24, 2.45) is 0 Å². The molecule has 9 rings (SSSR count). The van der Waals surface area contributed by atoms with Gasteiger partial charge in [-0.1, -0.05) is 56.1 Å². The van der Waals surface area contributed by atoms with Gasteiger partial charge in [0.1, 0.15) is 0 Å². The van der Waals surface area contributed by atoms with Gasteiger partial charge in [0.15, 0.2) is 23.1 Å². The fourth-order valence-electron chi connectivity index (χ4n) is 9.59. The Morgan fingerprint density at radius 3 is 0.923 bits per heavy atom. The van der Waals surface area contributed by atoms with Crippen molar-refractivity contribution in [1.29, 1.82) is 0 Å². The quantitative estimate of drug-likeness (QED) is 0.261. The predicted molar refractivity (Wildman–Crippen MR) is 209 cm³/mol. The number of Topliss-reactive ketones (excluding diaryl/α,β-unsaturated/α-hetero) is 4. The minimum atomic E-state index is -0.442. The van der Waals surface area contributed by atoms with Crippen LogP contribution < -0.4 is 9.80 Å². The second-order valence-corrected chi connectivity index (χ2v) is 16.5. The van der Waals surface area contributed by atoms with Gasteiger partial charge >= 0.3 is 0 Å². The van der Waals surface area contributed by atoms with Gasteiger partial charge in [0.25, 0.3) is 0 Å². The van der Waals surface area contributed by atoms with Crippen LogP contribution >= 0.6 is 31.9 Å². The summed E-state index contributed by atoms with van der Waals surface area (Å²) in [5, 5.41) is 0. The maximum absolute atomic E-state index is 14.0. The second kappa shape index (κ2) is 13.4. The van der Waals surface area contributed by atoms with Gasteiger partial charge in [-0.15, -0.1) is 0 Å². The molecule has 3 aromatic carbocycles. The Hall–Kier alpha value is -4.14. The highest BCUT2D eigenvalue weighted by molar-refractivity contribution is 9.10. The molecule has 0 aromatic heterocycles. The van der Waals surface area contributed by atoms with Crippen molar-refractivity contribution in [3.63, 3.8) is 0 Å². The van der Waals surface area contributed by atoms with E-state index in [0.717, 1.165) is 128 Å². The highest BCUT2D eigenvalue weighted by atomic mass is 79.9. The number of halogens is 2. The average molecular weight is 819 g/mol. The lowest BCUT2D eigenvalue weighted by Crippen LogP contribution is -2.39. The van der Waals surface area contributed by atoms with Gasteiger partial charge in [-0.2, -0.15) is 0 Å². The highest BCUT2D eigenvalue weighted by Crippen LogP contribution is 2.53. The molecule has 2 aliphatic heterocycles. The zero-order valence-corrected chi connectivity index (χ0v) is 32.0. The van der Waals surface area contributed by atoms with Gasteiger partial charge in [-0.05, 0) is 111 Å². The van der Waals surface area contributed by atoms with Gasteiger partial charge in [-0.3, -0.25) is 19.2 Å². The van der Waals surface area contributed by atoms with Crippen LogP contribution in [0.3, 0.4) is 0 Å². The van der Waals surface area contributed by atoms with Crippen molar-refractivity contribution in [1.82, 2.24) is 0 Å². The van der Waals surface area contributed by atoms with Gasteiger partial charge in [0, 0.05) is 103 Å². The van der Waals surface area contributed by atoms with Crippen LogP contribution in [-0.2, 0) is 19.2 Å². The number of hydrogen-bond acceptors (Lipinski definition) is 6. The van der Waals surface area contributed by atoms with E-state index < -0.39 is 11.8 Å². The number of nitrogens with zero attached hydrogens (tertiary/aromatic N) is 2. The summed E-state index contributed by atoms with van der Waals surface area (Å²) in [4.78, 5) is 60.3. The van der Waals surface area contributed by atoms with E-state index in [4.69, 9.17) is 0 Å². The third-order valence-corrected chi connectivity index (χ3v) is 12.8. The lowest BCUT2D eigenvalue weighted by molar-refractivity contribution is -0.118. The number of anilines is 2. The van der Waals surface area contributed by atoms with Crippen LogP contribution in [0.5, 0.6) is 0 Å². The molecule has 0 amide bonds. The van der Waals surface area contributed by atoms with E-state index in [2.05, 4.69) is 90.2 Å². The summed E-state index contributed by atoms with van der Waals surface area (Å²) < 4.78 is 1.95. The molecular formula is C44H38Br2N2O4. The summed E-state index contributed by atoms with van der Waals surface area (Å²) >= 11 is 7.13. The van der Waals surface area contributed by atoms with E-state index in [0.29, 0.717) is 25.7 Å². The van der Waals surface area contributed by atoms with Crippen molar-refractivity contribution in [2.75, 3.05) is 9.80 Å². The van der Waals surface area contributed by atoms with E-state index in [9.17, 15) is 19.2 Å². The van der Waals surface area contributed by atoms with Gasteiger partial charge in [-0.25, -0.2) is 0 Å². The fraction of sp³-hybridized carbons (Fsp3) is 0.318. The Bertz CT molecular complexity index is 1950. The zero-order chi connectivity index (χ0) is 35.7. The summed E-state index contributed by atoms with van der Waals surface area (Å²) in [5.41, 5.74) is 10.7. The predicted octanol–water partition coefficient (Wildman–Crippen LogP) is 10.4. The second-order valence-electron chi connectivity index (χ2n) is 14.7. The molecule has 3 aromatic rings. The van der Waals surface area contributed by atoms with Crippen LogP contribution in [0.2, 0.25) is 0 Å². The summed E-state index contributed by atoms with van der Waals surface area (Å²) in [5.74, 6) is -0.466. The summed E-state index contributed by atoms with van der Waals surface area (Å²) in [6.07, 6.45) is 8.06. The van der Waals surface area contributed by atoms with Crippen LogP contribution in [0.1, 0.15) is 100 Å². The SMILES string of the molecule is O=C1CCCC2=C1C(c1ccc(C3C4=C(CCCC4=O)N(c4ccc(Br)cc4)C4=C3C(=O)CCC4)cc1)C1=C(CCCC1=O)N2c1ccc(Br)cc1. The molecule has 8 heteroatoms. The van der Waals surface area contributed by atoms with Crippen LogP contribution in [0.4, 0.5) is 11.4 Å². The lowest BCUT2D eigenvalue weighted by Gasteiger charge is -2.44. The minimum Gasteiger partial charge on any atom is -0.317 e. The lowest BCUT2D eigenvalue weighted by atomic mass is 9.69. The summed E-state index contributed by atoms with van der Waals surface area (Å²) in [6, 6.07) is 24.5. The normalized spacial score (nSPS) is 21.5. The zero-order valence-electron chi connectivity index (χ0n) is 28.9. The van der Waals surface area contributed by atoms with Crippen LogP contribution in [0, 0.1) is 0 Å². The first kappa shape index (κ1) is 33.7. The topological polar surface area (TPSA) is 74.8 Å². The number of rotatable bonds is 4. The first-order valence-corrected chi connectivity index (χ1v) is 20.1. The average Bonchev–Trinajstić information content (AvgIpc) is 3.15.